The van der Waals surface area contributed by atoms with Gasteiger partial charge in [0.1, 0.15) is 17.0 Å². The third kappa shape index (κ3) is 3.75. The first-order valence-electron chi connectivity index (χ1n) is 7.48. The van der Waals surface area contributed by atoms with Crippen molar-refractivity contribution in [3.05, 3.63) is 69.3 Å². The molecule has 0 spiro atoms. The molecule has 0 saturated heterocycles. The average Bonchev–Trinajstić information content (AvgIpc) is 3.06. The molecular formula is C17H16N4O2S. The number of anilines is 1. The highest BCUT2D eigenvalue weighted by atomic mass is 32.1. The van der Waals surface area contributed by atoms with Crippen molar-refractivity contribution in [3.8, 4) is 10.6 Å². The molecule has 3 aromatic rings. The first kappa shape index (κ1) is 16.1. The van der Waals surface area contributed by atoms with Crippen LogP contribution in [0.15, 0.2) is 48.0 Å². The van der Waals surface area contributed by atoms with Gasteiger partial charge in [-0.1, -0.05) is 30.3 Å². The van der Waals surface area contributed by atoms with E-state index in [0.717, 1.165) is 28.2 Å². The molecule has 24 heavy (non-hydrogen) atoms. The highest BCUT2D eigenvalue weighted by Crippen LogP contribution is 2.23. The van der Waals surface area contributed by atoms with Gasteiger partial charge in [-0.25, -0.2) is 9.97 Å². The quantitative estimate of drug-likeness (QED) is 0.540. The van der Waals surface area contributed by atoms with Gasteiger partial charge in [0.05, 0.1) is 10.6 Å². The van der Waals surface area contributed by atoms with Crippen LogP contribution in [0.25, 0.3) is 10.6 Å². The van der Waals surface area contributed by atoms with Crippen LogP contribution in [-0.4, -0.2) is 21.4 Å². The number of aryl methyl sites for hydroxylation is 1. The van der Waals surface area contributed by atoms with Gasteiger partial charge in [-0.2, -0.15) is 0 Å². The number of nitro groups is 1. The molecule has 7 heteroatoms. The molecule has 0 aliphatic carbocycles. The maximum Gasteiger partial charge on any atom is 0.287 e. The predicted octanol–water partition coefficient (Wildman–Crippen LogP) is 4.08. The van der Waals surface area contributed by atoms with E-state index < -0.39 is 4.92 Å². The topological polar surface area (TPSA) is 81.0 Å². The van der Waals surface area contributed by atoms with Crippen molar-refractivity contribution < 1.29 is 4.92 Å². The Balaban J connectivity index is 1.59. The van der Waals surface area contributed by atoms with E-state index in [2.05, 4.69) is 20.7 Å². The summed E-state index contributed by atoms with van der Waals surface area (Å²) in [5.41, 5.74) is 2.90. The molecule has 1 aromatic carbocycles. The van der Waals surface area contributed by atoms with Crippen molar-refractivity contribution in [2.45, 2.75) is 13.3 Å². The van der Waals surface area contributed by atoms with E-state index in [0.29, 0.717) is 12.4 Å². The molecule has 2 aromatic heterocycles. The normalized spacial score (nSPS) is 10.5. The Morgan fingerprint density at radius 1 is 1.29 bits per heavy atom. The molecule has 0 amide bonds. The fraction of sp³-hybridized carbons (Fsp3) is 0.176. The summed E-state index contributed by atoms with van der Waals surface area (Å²) >= 11 is 1.63. The first-order chi connectivity index (χ1) is 11.6. The Morgan fingerprint density at radius 2 is 2.08 bits per heavy atom. The number of aromatic nitrogens is 2. The fourth-order valence-electron chi connectivity index (χ4n) is 2.29. The fourth-order valence-corrected chi connectivity index (χ4v) is 3.15. The summed E-state index contributed by atoms with van der Waals surface area (Å²) < 4.78 is 0. The molecular weight excluding hydrogens is 324 g/mol. The maximum atomic E-state index is 10.7. The lowest BCUT2D eigenvalue weighted by molar-refractivity contribution is -0.385. The standard InChI is InChI=1S/C17H16N4O2S/c1-12-9-15(21(22)23)10-19-16(12)18-8-7-14-11-24-17(20-14)13-5-3-2-4-6-13/h2-6,9-11H,7-8H2,1H3,(H,18,19). The number of hydrogen-bond acceptors (Lipinski definition) is 6. The zero-order valence-corrected chi connectivity index (χ0v) is 13.9. The molecule has 6 nitrogen and oxygen atoms in total. The van der Waals surface area contributed by atoms with Crippen LogP contribution in [0.1, 0.15) is 11.3 Å². The second kappa shape index (κ2) is 7.18. The van der Waals surface area contributed by atoms with Crippen LogP contribution in [0.2, 0.25) is 0 Å². The van der Waals surface area contributed by atoms with Crippen molar-refractivity contribution in [2.24, 2.45) is 0 Å². The van der Waals surface area contributed by atoms with Crippen LogP contribution in [0.3, 0.4) is 0 Å². The molecule has 0 bridgehead atoms. The van der Waals surface area contributed by atoms with Gasteiger partial charge < -0.3 is 5.32 Å². The van der Waals surface area contributed by atoms with Crippen LogP contribution >= 0.6 is 11.3 Å². The zero-order chi connectivity index (χ0) is 16.9. The minimum Gasteiger partial charge on any atom is -0.369 e. The van der Waals surface area contributed by atoms with Crippen molar-refractivity contribution in [1.29, 1.82) is 0 Å². The lowest BCUT2D eigenvalue weighted by Crippen LogP contribution is -2.08. The van der Waals surface area contributed by atoms with Gasteiger partial charge in [0.25, 0.3) is 5.69 Å². The third-order valence-corrected chi connectivity index (χ3v) is 4.46. The van der Waals surface area contributed by atoms with Crippen molar-refractivity contribution in [3.63, 3.8) is 0 Å². The van der Waals surface area contributed by atoms with Crippen molar-refractivity contribution in [2.75, 3.05) is 11.9 Å². The molecule has 1 N–H and O–H groups in total. The summed E-state index contributed by atoms with van der Waals surface area (Å²) in [5, 5.41) is 17.0. The van der Waals surface area contributed by atoms with Crippen molar-refractivity contribution in [1.82, 2.24) is 9.97 Å². The molecule has 2 heterocycles. The first-order valence-corrected chi connectivity index (χ1v) is 8.36. The minimum absolute atomic E-state index is 0.00468. The Morgan fingerprint density at radius 3 is 2.79 bits per heavy atom. The second-order valence-electron chi connectivity index (χ2n) is 5.30. The lowest BCUT2D eigenvalue weighted by atomic mass is 10.2. The van der Waals surface area contributed by atoms with Gasteiger partial charge in [0.2, 0.25) is 0 Å². The van der Waals surface area contributed by atoms with Gasteiger partial charge in [-0.15, -0.1) is 11.3 Å². The molecule has 0 radical (unpaired) electrons. The third-order valence-electron chi connectivity index (χ3n) is 3.52. The van der Waals surface area contributed by atoms with Crippen LogP contribution in [-0.2, 0) is 6.42 Å². The average molecular weight is 340 g/mol. The molecule has 0 fully saturated rings. The molecule has 0 atom stereocenters. The molecule has 0 saturated carbocycles. The zero-order valence-electron chi connectivity index (χ0n) is 13.1. The van der Waals surface area contributed by atoms with Crippen LogP contribution in [0.5, 0.6) is 0 Å². The number of rotatable bonds is 6. The van der Waals surface area contributed by atoms with Crippen molar-refractivity contribution >= 4 is 22.8 Å². The van der Waals surface area contributed by atoms with Gasteiger partial charge in [0, 0.05) is 30.0 Å². The number of hydrogen-bond donors (Lipinski definition) is 1. The minimum atomic E-state index is -0.440. The SMILES string of the molecule is Cc1cc([N+](=O)[O-])cnc1NCCc1csc(-c2ccccc2)n1. The molecule has 0 aliphatic heterocycles. The maximum absolute atomic E-state index is 10.7. The Kier molecular flexibility index (Phi) is 4.81. The van der Waals surface area contributed by atoms with E-state index in [-0.39, 0.29) is 5.69 Å². The lowest BCUT2D eigenvalue weighted by Gasteiger charge is -2.07. The Labute approximate surface area is 143 Å². The Hall–Kier alpha value is -2.80. The smallest absolute Gasteiger partial charge is 0.287 e. The summed E-state index contributed by atoms with van der Waals surface area (Å²) in [7, 11) is 0. The van der Waals surface area contributed by atoms with E-state index >= 15 is 0 Å². The number of thiazole rings is 1. The van der Waals surface area contributed by atoms with E-state index in [1.807, 2.05) is 30.3 Å². The van der Waals surface area contributed by atoms with Crippen LogP contribution < -0.4 is 5.32 Å². The van der Waals surface area contributed by atoms with E-state index in [1.165, 1.54) is 12.3 Å². The molecule has 0 unspecified atom stereocenters. The van der Waals surface area contributed by atoms with E-state index in [4.69, 9.17) is 0 Å². The van der Waals surface area contributed by atoms with Gasteiger partial charge in [0.15, 0.2) is 0 Å². The van der Waals surface area contributed by atoms with Crippen LogP contribution in [0.4, 0.5) is 11.5 Å². The van der Waals surface area contributed by atoms with Gasteiger partial charge in [-0.3, -0.25) is 10.1 Å². The molecule has 122 valence electrons. The van der Waals surface area contributed by atoms with E-state index in [9.17, 15) is 10.1 Å². The second-order valence-corrected chi connectivity index (χ2v) is 6.16. The van der Waals surface area contributed by atoms with Gasteiger partial charge in [-0.05, 0) is 12.5 Å². The predicted molar refractivity (Wildman–Crippen MR) is 95.4 cm³/mol. The number of pyridine rings is 1. The largest absolute Gasteiger partial charge is 0.369 e. The monoisotopic (exact) mass is 340 g/mol. The molecule has 3 rings (SSSR count). The summed E-state index contributed by atoms with van der Waals surface area (Å²) in [5.74, 6) is 0.666. The summed E-state index contributed by atoms with van der Waals surface area (Å²) in [6, 6.07) is 11.6. The summed E-state index contributed by atoms with van der Waals surface area (Å²) in [4.78, 5) is 19.0. The highest BCUT2D eigenvalue weighted by Gasteiger charge is 2.09. The number of nitrogens with one attached hydrogen (secondary N) is 1. The number of benzene rings is 1. The van der Waals surface area contributed by atoms with Gasteiger partial charge >= 0.3 is 0 Å². The van der Waals surface area contributed by atoms with Crippen LogP contribution in [0, 0.1) is 17.0 Å². The summed E-state index contributed by atoms with van der Waals surface area (Å²) in [6.07, 6.45) is 2.03. The molecule has 0 aliphatic rings. The summed E-state index contributed by atoms with van der Waals surface area (Å²) in [6.45, 7) is 2.47. The van der Waals surface area contributed by atoms with E-state index in [1.54, 1.807) is 18.3 Å². The highest BCUT2D eigenvalue weighted by molar-refractivity contribution is 7.13. The number of nitrogens with zero attached hydrogens (tertiary/aromatic N) is 3. The Bertz CT molecular complexity index is 849.